The summed E-state index contributed by atoms with van der Waals surface area (Å²) in [5, 5.41) is 0.238. The first-order valence-corrected chi connectivity index (χ1v) is 4.52. The molecule has 13 heavy (non-hydrogen) atoms. The summed E-state index contributed by atoms with van der Waals surface area (Å²) in [5.41, 5.74) is 4.79. The molecular weight excluding hydrogens is 200 g/mol. The fraction of sp³-hybridized carbons (Fsp3) is 0.167. The van der Waals surface area contributed by atoms with E-state index < -0.39 is 12.6 Å². The molecule has 0 unspecified atom stereocenters. The van der Waals surface area contributed by atoms with Gasteiger partial charge in [0.15, 0.2) is 0 Å². The minimum absolute atomic E-state index is 0.238. The molecule has 0 amide bonds. The van der Waals surface area contributed by atoms with Gasteiger partial charge in [-0.2, -0.15) is 0 Å². The van der Waals surface area contributed by atoms with Crippen molar-refractivity contribution in [3.05, 3.63) is 18.3 Å². The molecule has 0 saturated heterocycles. The van der Waals surface area contributed by atoms with E-state index in [0.717, 1.165) is 0 Å². The highest BCUT2D eigenvalue weighted by Gasteiger charge is 2.23. The number of halogens is 3. The average Bonchev–Trinajstić information content (AvgIpc) is 2.01. The van der Waals surface area contributed by atoms with E-state index in [-0.39, 0.29) is 10.7 Å². The van der Waals surface area contributed by atoms with Crippen LogP contribution in [0.5, 0.6) is 0 Å². The Morgan fingerprint density at radius 2 is 2.15 bits per heavy atom. The zero-order valence-corrected chi connectivity index (χ0v) is 7.40. The molecule has 0 bridgehead atoms. The van der Waals surface area contributed by atoms with Gasteiger partial charge in [-0.1, -0.05) is 0 Å². The van der Waals surface area contributed by atoms with Crippen molar-refractivity contribution in [1.82, 2.24) is 4.98 Å². The molecule has 0 spiro atoms. The normalized spacial score (nSPS) is 11.6. The minimum Gasteiger partial charge on any atom is -0.448 e. The fourth-order valence-corrected chi connectivity index (χ4v) is 1.41. The number of hydrogen-bond acceptors (Lipinski definition) is 3. The van der Waals surface area contributed by atoms with E-state index >= 15 is 0 Å². The van der Waals surface area contributed by atoms with Crippen molar-refractivity contribution in [2.24, 2.45) is 0 Å². The molecule has 0 saturated carbocycles. The molecule has 1 aromatic rings. The number of nitrogens with two attached hydrogens (primary N) is 1. The second-order valence-electron chi connectivity index (χ2n) is 2.42. The Labute approximate surface area is 77.8 Å². The van der Waals surface area contributed by atoms with Crippen LogP contribution in [0.3, 0.4) is 0 Å². The Hall–Kier alpha value is -0.845. The van der Waals surface area contributed by atoms with Crippen molar-refractivity contribution in [2.45, 2.75) is 5.03 Å². The molecule has 72 valence electrons. The van der Waals surface area contributed by atoms with Crippen molar-refractivity contribution in [1.29, 1.82) is 0 Å². The first kappa shape index (κ1) is 10.2. The second-order valence-corrected chi connectivity index (χ2v) is 3.43. The first-order valence-electron chi connectivity index (χ1n) is 3.53. The van der Waals surface area contributed by atoms with Crippen molar-refractivity contribution < 1.29 is 12.9 Å². The summed E-state index contributed by atoms with van der Waals surface area (Å²) in [6, 6.07) is 3.11. The van der Waals surface area contributed by atoms with Crippen molar-refractivity contribution in [2.75, 3.05) is 11.4 Å². The van der Waals surface area contributed by atoms with E-state index in [9.17, 15) is 12.9 Å². The van der Waals surface area contributed by atoms with Gasteiger partial charge in [0.1, 0.15) is 5.03 Å². The fourth-order valence-electron chi connectivity index (χ4n) is 0.697. The number of hydrogen-bond donors (Lipinski definition) is 1. The van der Waals surface area contributed by atoms with Crippen LogP contribution in [0.25, 0.3) is 0 Å². The lowest BCUT2D eigenvalue weighted by atomic mass is 9.98. The number of nitrogen functional groups attached to an aromatic ring is 1. The molecule has 0 atom stereocenters. The van der Waals surface area contributed by atoms with Gasteiger partial charge in [0, 0.05) is 6.20 Å². The van der Waals surface area contributed by atoms with Crippen LogP contribution in [-0.4, -0.2) is 17.6 Å². The van der Waals surface area contributed by atoms with E-state index in [1.807, 2.05) is 0 Å². The Kier molecular flexibility index (Phi) is 3.08. The van der Waals surface area contributed by atoms with Crippen LogP contribution < -0.4 is 5.73 Å². The summed E-state index contributed by atoms with van der Waals surface area (Å²) in [7, 11) is 0. The summed E-state index contributed by atoms with van der Waals surface area (Å²) in [6.07, 6.45) is 1.42. The maximum Gasteiger partial charge on any atom is 0.488 e. The van der Waals surface area contributed by atoms with Gasteiger partial charge in [0.2, 0.25) is 0 Å². The molecule has 7 heteroatoms. The maximum atomic E-state index is 11.8. The average molecular weight is 207 g/mol. The van der Waals surface area contributed by atoms with Crippen LogP contribution in [0.2, 0.25) is 0 Å². The summed E-state index contributed by atoms with van der Waals surface area (Å²) >= 11 is 0.621. The molecule has 0 fully saturated rings. The van der Waals surface area contributed by atoms with Gasteiger partial charge in [0.05, 0.1) is 5.69 Å². The third-order valence-corrected chi connectivity index (χ3v) is 2.37. The summed E-state index contributed by atoms with van der Waals surface area (Å²) in [4.78, 5) is 3.73. The first-order chi connectivity index (χ1) is 5.99. The van der Waals surface area contributed by atoms with Crippen LogP contribution in [0, 0.1) is 0 Å². The number of pyridine rings is 1. The van der Waals surface area contributed by atoms with Crippen molar-refractivity contribution in [3.8, 4) is 0 Å². The van der Waals surface area contributed by atoms with Gasteiger partial charge >= 0.3 is 6.98 Å². The minimum atomic E-state index is -4.78. The van der Waals surface area contributed by atoms with Crippen LogP contribution in [0.1, 0.15) is 0 Å². The monoisotopic (exact) mass is 207 g/mol. The number of nitrogens with zero attached hydrogens (tertiary/aromatic N) is 1. The molecule has 2 N–H and O–H groups in total. The largest absolute Gasteiger partial charge is 0.488 e. The molecule has 1 aromatic heterocycles. The second kappa shape index (κ2) is 3.91. The standard InChI is InChI=1S/C6H7BF3N2S/c8-7(9,10)4-13-6-5(11)2-1-3-12-6/h1-3H,4,11H2/q-1. The van der Waals surface area contributed by atoms with E-state index in [0.29, 0.717) is 11.8 Å². The highest BCUT2D eigenvalue weighted by Crippen LogP contribution is 2.26. The topological polar surface area (TPSA) is 38.9 Å². The van der Waals surface area contributed by atoms with Gasteiger partial charge in [-0.05, 0) is 17.8 Å². The van der Waals surface area contributed by atoms with Crippen LogP contribution >= 0.6 is 11.8 Å². The number of anilines is 1. The van der Waals surface area contributed by atoms with Crippen molar-refractivity contribution >= 4 is 24.4 Å². The van der Waals surface area contributed by atoms with Crippen LogP contribution in [0.4, 0.5) is 18.6 Å². The Balaban J connectivity index is 2.60. The predicted molar refractivity (Wildman–Crippen MR) is 48.5 cm³/mol. The highest BCUT2D eigenvalue weighted by molar-refractivity contribution is 8.00. The predicted octanol–water partition coefficient (Wildman–Crippen LogP) is 2.14. The van der Waals surface area contributed by atoms with Gasteiger partial charge in [-0.25, -0.2) is 4.98 Å². The number of thioether (sulfide) groups is 1. The molecule has 2 nitrogen and oxygen atoms in total. The lowest BCUT2D eigenvalue weighted by Gasteiger charge is -2.12. The quantitative estimate of drug-likeness (QED) is 0.609. The number of aromatic nitrogens is 1. The number of rotatable bonds is 3. The molecule has 0 aliphatic carbocycles. The molecular formula is C6H7BF3N2S-. The van der Waals surface area contributed by atoms with Gasteiger partial charge in [-0.3, -0.25) is 0 Å². The zero-order valence-electron chi connectivity index (χ0n) is 6.58. The Bertz CT molecular complexity index is 291. The molecule has 0 radical (unpaired) electrons. The smallest absolute Gasteiger partial charge is 0.448 e. The van der Waals surface area contributed by atoms with Crippen LogP contribution in [0.15, 0.2) is 23.4 Å². The lowest BCUT2D eigenvalue weighted by Crippen LogP contribution is -2.19. The van der Waals surface area contributed by atoms with E-state index in [4.69, 9.17) is 5.73 Å². The third kappa shape index (κ3) is 3.58. The molecule has 0 aromatic carbocycles. The van der Waals surface area contributed by atoms with E-state index in [1.165, 1.54) is 12.3 Å². The van der Waals surface area contributed by atoms with Crippen molar-refractivity contribution in [3.63, 3.8) is 0 Å². The Morgan fingerprint density at radius 1 is 1.46 bits per heavy atom. The zero-order chi connectivity index (χ0) is 9.90. The van der Waals surface area contributed by atoms with E-state index in [1.54, 1.807) is 6.07 Å². The SMILES string of the molecule is Nc1cccnc1SC[B-](F)(F)F. The van der Waals surface area contributed by atoms with Gasteiger partial charge in [0.25, 0.3) is 0 Å². The molecule has 0 aliphatic heterocycles. The van der Waals surface area contributed by atoms with Gasteiger partial charge < -0.3 is 18.7 Å². The summed E-state index contributed by atoms with van der Waals surface area (Å²) in [5.74, 6) is 0. The molecule has 0 aliphatic rings. The third-order valence-electron chi connectivity index (χ3n) is 1.21. The summed E-state index contributed by atoms with van der Waals surface area (Å²) < 4.78 is 35.5. The summed E-state index contributed by atoms with van der Waals surface area (Å²) in [6.45, 7) is -4.78. The highest BCUT2D eigenvalue weighted by atomic mass is 32.2. The van der Waals surface area contributed by atoms with E-state index in [2.05, 4.69) is 4.98 Å². The maximum absolute atomic E-state index is 11.8. The molecule has 1 rings (SSSR count). The Morgan fingerprint density at radius 3 is 2.69 bits per heavy atom. The van der Waals surface area contributed by atoms with Crippen LogP contribution in [-0.2, 0) is 0 Å². The molecule has 1 heterocycles. The van der Waals surface area contributed by atoms with Gasteiger partial charge in [-0.15, -0.1) is 11.8 Å². The lowest BCUT2D eigenvalue weighted by molar-refractivity contribution is 0.485.